The van der Waals surface area contributed by atoms with E-state index in [1.807, 2.05) is 0 Å². The molecule has 15 heavy (non-hydrogen) atoms. The Morgan fingerprint density at radius 1 is 1.73 bits per heavy atom. The molecule has 0 aromatic carbocycles. The number of carbonyl (C=O) groups is 1. The second-order valence-electron chi connectivity index (χ2n) is 3.72. The topological polar surface area (TPSA) is 50.4 Å². The van der Waals surface area contributed by atoms with E-state index in [0.717, 1.165) is 24.5 Å². The number of hydrogen-bond acceptors (Lipinski definition) is 4. The van der Waals surface area contributed by atoms with Gasteiger partial charge in [-0.25, -0.2) is 0 Å². The van der Waals surface area contributed by atoms with Gasteiger partial charge in [-0.2, -0.15) is 0 Å². The second-order valence-corrected chi connectivity index (χ2v) is 4.75. The summed E-state index contributed by atoms with van der Waals surface area (Å²) in [5, 5.41) is 6.18. The number of thioether (sulfide) groups is 1. The Hall–Kier alpha value is -0.260. The van der Waals surface area contributed by atoms with E-state index in [4.69, 9.17) is 4.74 Å². The van der Waals surface area contributed by atoms with E-state index in [0.29, 0.717) is 6.61 Å². The fourth-order valence-electron chi connectivity index (χ4n) is 1.61. The third-order valence-electron chi connectivity index (χ3n) is 2.38. The highest BCUT2D eigenvalue weighted by Gasteiger charge is 2.24. The quantitative estimate of drug-likeness (QED) is 0.703. The maximum Gasteiger partial charge on any atom is 0.238 e. The third kappa shape index (κ3) is 4.40. The van der Waals surface area contributed by atoms with Crippen LogP contribution in [0, 0.1) is 0 Å². The summed E-state index contributed by atoms with van der Waals surface area (Å²) in [6, 6.07) is 0.131. The SMILES string of the molecule is CCCC(COC)NC(=O)C1CSCN1. The molecule has 88 valence electrons. The Bertz CT molecular complexity index is 190. The van der Waals surface area contributed by atoms with Gasteiger partial charge in [0.2, 0.25) is 5.91 Å². The number of amides is 1. The molecular formula is C10H20N2O2S. The third-order valence-corrected chi connectivity index (χ3v) is 3.32. The van der Waals surface area contributed by atoms with Gasteiger partial charge in [-0.05, 0) is 6.42 Å². The van der Waals surface area contributed by atoms with Crippen LogP contribution in [-0.2, 0) is 9.53 Å². The van der Waals surface area contributed by atoms with Gasteiger partial charge < -0.3 is 10.1 Å². The molecule has 0 aliphatic carbocycles. The zero-order valence-electron chi connectivity index (χ0n) is 9.41. The molecule has 0 bridgehead atoms. The van der Waals surface area contributed by atoms with Crippen LogP contribution in [0.2, 0.25) is 0 Å². The summed E-state index contributed by atoms with van der Waals surface area (Å²) in [5.74, 6) is 1.86. The van der Waals surface area contributed by atoms with Crippen molar-refractivity contribution in [3.05, 3.63) is 0 Å². The molecule has 1 aliphatic heterocycles. The van der Waals surface area contributed by atoms with E-state index in [-0.39, 0.29) is 18.0 Å². The Balaban J connectivity index is 2.31. The second kappa shape index (κ2) is 7.09. The van der Waals surface area contributed by atoms with Crippen LogP contribution in [0.3, 0.4) is 0 Å². The van der Waals surface area contributed by atoms with Crippen LogP contribution in [0.15, 0.2) is 0 Å². The zero-order valence-corrected chi connectivity index (χ0v) is 10.2. The summed E-state index contributed by atoms with van der Waals surface area (Å²) < 4.78 is 5.08. The molecule has 0 aromatic rings. The summed E-state index contributed by atoms with van der Waals surface area (Å²) in [7, 11) is 1.67. The van der Waals surface area contributed by atoms with Gasteiger partial charge in [-0.3, -0.25) is 10.1 Å². The van der Waals surface area contributed by atoms with Crippen molar-refractivity contribution in [2.75, 3.05) is 25.3 Å². The van der Waals surface area contributed by atoms with Gasteiger partial charge in [0.25, 0.3) is 0 Å². The fourth-order valence-corrected chi connectivity index (χ4v) is 2.55. The largest absolute Gasteiger partial charge is 0.383 e. The molecule has 1 saturated heterocycles. The lowest BCUT2D eigenvalue weighted by atomic mass is 10.1. The average Bonchev–Trinajstić information content (AvgIpc) is 2.71. The van der Waals surface area contributed by atoms with Crippen molar-refractivity contribution in [2.45, 2.75) is 31.8 Å². The van der Waals surface area contributed by atoms with Crippen LogP contribution in [0.1, 0.15) is 19.8 Å². The van der Waals surface area contributed by atoms with Crippen LogP contribution in [0.4, 0.5) is 0 Å². The van der Waals surface area contributed by atoms with Crippen molar-refractivity contribution in [3.8, 4) is 0 Å². The van der Waals surface area contributed by atoms with E-state index < -0.39 is 0 Å². The maximum atomic E-state index is 11.8. The highest BCUT2D eigenvalue weighted by Crippen LogP contribution is 2.10. The first-order chi connectivity index (χ1) is 7.27. The standard InChI is InChI=1S/C10H20N2O2S/c1-3-4-8(5-14-2)12-10(13)9-6-15-7-11-9/h8-9,11H,3-7H2,1-2H3,(H,12,13). The molecule has 2 atom stereocenters. The van der Waals surface area contributed by atoms with Crippen molar-refractivity contribution >= 4 is 17.7 Å². The van der Waals surface area contributed by atoms with Crippen LogP contribution >= 0.6 is 11.8 Å². The van der Waals surface area contributed by atoms with Crippen LogP contribution in [0.25, 0.3) is 0 Å². The van der Waals surface area contributed by atoms with Crippen LogP contribution in [-0.4, -0.2) is 43.3 Å². The Morgan fingerprint density at radius 2 is 2.53 bits per heavy atom. The molecule has 1 aliphatic rings. The van der Waals surface area contributed by atoms with E-state index >= 15 is 0 Å². The Labute approximate surface area is 95.5 Å². The van der Waals surface area contributed by atoms with Crippen molar-refractivity contribution < 1.29 is 9.53 Å². The minimum Gasteiger partial charge on any atom is -0.383 e. The normalized spacial score (nSPS) is 22.7. The Morgan fingerprint density at radius 3 is 3.07 bits per heavy atom. The molecule has 0 aromatic heterocycles. The monoisotopic (exact) mass is 232 g/mol. The van der Waals surface area contributed by atoms with Gasteiger partial charge in [0.05, 0.1) is 18.7 Å². The lowest BCUT2D eigenvalue weighted by Crippen LogP contribution is -2.47. The number of rotatable bonds is 6. The number of nitrogens with one attached hydrogen (secondary N) is 2. The van der Waals surface area contributed by atoms with E-state index in [1.165, 1.54) is 0 Å². The molecular weight excluding hydrogens is 212 g/mol. The van der Waals surface area contributed by atoms with Gasteiger partial charge in [0.15, 0.2) is 0 Å². The number of methoxy groups -OCH3 is 1. The van der Waals surface area contributed by atoms with Crippen LogP contribution in [0.5, 0.6) is 0 Å². The highest BCUT2D eigenvalue weighted by molar-refractivity contribution is 7.99. The summed E-state index contributed by atoms with van der Waals surface area (Å²) in [6.45, 7) is 2.71. The van der Waals surface area contributed by atoms with E-state index in [9.17, 15) is 4.79 Å². The summed E-state index contributed by atoms with van der Waals surface area (Å²) in [4.78, 5) is 11.8. The first-order valence-electron chi connectivity index (χ1n) is 5.38. The van der Waals surface area contributed by atoms with Gasteiger partial charge in [0, 0.05) is 18.7 Å². The van der Waals surface area contributed by atoms with Crippen LogP contribution < -0.4 is 10.6 Å². The molecule has 1 fully saturated rings. The molecule has 2 unspecified atom stereocenters. The number of hydrogen-bond donors (Lipinski definition) is 2. The molecule has 4 nitrogen and oxygen atoms in total. The van der Waals surface area contributed by atoms with Crippen molar-refractivity contribution in [2.24, 2.45) is 0 Å². The predicted molar refractivity (Wildman–Crippen MR) is 63.0 cm³/mol. The molecule has 0 spiro atoms. The lowest BCUT2D eigenvalue weighted by molar-refractivity contribution is -0.123. The number of ether oxygens (including phenoxy) is 1. The van der Waals surface area contributed by atoms with Gasteiger partial charge in [-0.1, -0.05) is 13.3 Å². The summed E-state index contributed by atoms with van der Waals surface area (Å²) >= 11 is 1.76. The van der Waals surface area contributed by atoms with E-state index in [2.05, 4.69) is 17.6 Å². The minimum atomic E-state index is -0.0220. The summed E-state index contributed by atoms with van der Waals surface area (Å²) in [6.07, 6.45) is 2.03. The fraction of sp³-hybridized carbons (Fsp3) is 0.900. The maximum absolute atomic E-state index is 11.8. The van der Waals surface area contributed by atoms with Gasteiger partial charge in [0.1, 0.15) is 0 Å². The average molecular weight is 232 g/mol. The van der Waals surface area contributed by atoms with Gasteiger partial charge in [-0.15, -0.1) is 11.8 Å². The number of carbonyl (C=O) groups excluding carboxylic acids is 1. The van der Waals surface area contributed by atoms with Crippen molar-refractivity contribution in [1.29, 1.82) is 0 Å². The lowest BCUT2D eigenvalue weighted by Gasteiger charge is -2.19. The van der Waals surface area contributed by atoms with Crippen molar-refractivity contribution in [1.82, 2.24) is 10.6 Å². The zero-order chi connectivity index (χ0) is 11.1. The van der Waals surface area contributed by atoms with Crippen molar-refractivity contribution in [3.63, 3.8) is 0 Å². The predicted octanol–water partition coefficient (Wildman–Crippen LogP) is 0.580. The summed E-state index contributed by atoms with van der Waals surface area (Å²) in [5.41, 5.74) is 0. The molecule has 2 N–H and O–H groups in total. The highest BCUT2D eigenvalue weighted by atomic mass is 32.2. The minimum absolute atomic E-state index is 0.0220. The molecule has 1 rings (SSSR count). The molecule has 0 radical (unpaired) electrons. The first kappa shape index (κ1) is 12.8. The smallest absolute Gasteiger partial charge is 0.238 e. The van der Waals surface area contributed by atoms with E-state index in [1.54, 1.807) is 18.9 Å². The molecule has 5 heteroatoms. The molecule has 0 saturated carbocycles. The van der Waals surface area contributed by atoms with Gasteiger partial charge >= 0.3 is 0 Å². The molecule has 1 amide bonds. The molecule has 1 heterocycles. The first-order valence-corrected chi connectivity index (χ1v) is 6.53. The Kier molecular flexibility index (Phi) is 6.05.